The van der Waals surface area contributed by atoms with E-state index < -0.39 is 11.9 Å². The molecule has 0 bridgehead atoms. The van der Waals surface area contributed by atoms with Crippen molar-refractivity contribution in [1.82, 2.24) is 15.6 Å². The largest absolute Gasteiger partial charge is 0.481 e. The van der Waals surface area contributed by atoms with Gasteiger partial charge in [0, 0.05) is 31.1 Å². The molecule has 6 nitrogen and oxygen atoms in total. The van der Waals surface area contributed by atoms with E-state index in [0.717, 1.165) is 5.01 Å². The third-order valence-corrected chi connectivity index (χ3v) is 3.56. The summed E-state index contributed by atoms with van der Waals surface area (Å²) in [7, 11) is 0. The second-order valence-electron chi connectivity index (χ2n) is 4.98. The molecule has 1 aromatic rings. The highest BCUT2D eigenvalue weighted by Gasteiger charge is 2.19. The van der Waals surface area contributed by atoms with Crippen LogP contribution in [0.5, 0.6) is 0 Å². The predicted molar refractivity (Wildman–Crippen MR) is 77.8 cm³/mol. The summed E-state index contributed by atoms with van der Waals surface area (Å²) in [6.45, 7) is 4.56. The Kier molecular flexibility index (Phi) is 7.00. The second kappa shape index (κ2) is 8.52. The molecule has 1 heterocycles. The predicted octanol–water partition coefficient (Wildman–Crippen LogP) is 1.73. The molecular formula is C13H21N3O3S. The Labute approximate surface area is 122 Å². The lowest BCUT2D eigenvalue weighted by atomic mass is 9.97. The first-order valence-electron chi connectivity index (χ1n) is 6.62. The van der Waals surface area contributed by atoms with E-state index >= 15 is 0 Å². The molecule has 3 N–H and O–H groups in total. The van der Waals surface area contributed by atoms with Gasteiger partial charge in [-0.3, -0.25) is 4.79 Å². The molecule has 2 amide bonds. The van der Waals surface area contributed by atoms with E-state index in [-0.39, 0.29) is 18.5 Å². The summed E-state index contributed by atoms with van der Waals surface area (Å²) >= 11 is 1.54. The van der Waals surface area contributed by atoms with Gasteiger partial charge in [0.25, 0.3) is 0 Å². The molecule has 0 saturated heterocycles. The van der Waals surface area contributed by atoms with E-state index in [9.17, 15) is 9.59 Å². The molecule has 1 unspecified atom stereocenters. The van der Waals surface area contributed by atoms with Gasteiger partial charge in [0.05, 0.1) is 10.9 Å². The Morgan fingerprint density at radius 2 is 2.15 bits per heavy atom. The zero-order chi connectivity index (χ0) is 15.0. The second-order valence-corrected chi connectivity index (χ2v) is 5.96. The summed E-state index contributed by atoms with van der Waals surface area (Å²) in [6.07, 6.45) is 2.96. The number of hydrogen-bond donors (Lipinski definition) is 3. The molecule has 20 heavy (non-hydrogen) atoms. The zero-order valence-corrected chi connectivity index (χ0v) is 12.6. The average Bonchev–Trinajstić information content (AvgIpc) is 2.86. The van der Waals surface area contributed by atoms with Crippen molar-refractivity contribution in [2.24, 2.45) is 11.8 Å². The lowest BCUT2D eigenvalue weighted by molar-refractivity contribution is -0.142. The van der Waals surface area contributed by atoms with Gasteiger partial charge in [-0.2, -0.15) is 0 Å². The lowest BCUT2D eigenvalue weighted by Gasteiger charge is -2.15. The minimum atomic E-state index is -0.873. The number of carboxylic acid groups (broad SMARTS) is 1. The summed E-state index contributed by atoms with van der Waals surface area (Å²) in [5.41, 5.74) is 0. The maximum atomic E-state index is 11.6. The molecule has 0 aliphatic rings. The first kappa shape index (κ1) is 16.4. The number of nitrogens with one attached hydrogen (secondary N) is 2. The summed E-state index contributed by atoms with van der Waals surface area (Å²) in [6, 6.07) is -0.337. The summed E-state index contributed by atoms with van der Waals surface area (Å²) < 4.78 is 0. The van der Waals surface area contributed by atoms with Crippen LogP contribution in [0.2, 0.25) is 0 Å². The standard InChI is InChI=1S/C13H21N3O3S/c1-9(2)7-10(12(17)18)8-16-13(19)15-4-3-11-14-5-6-20-11/h5-6,9-10H,3-4,7-8H2,1-2H3,(H,17,18)(H2,15,16,19). The van der Waals surface area contributed by atoms with Gasteiger partial charge in [0.15, 0.2) is 0 Å². The number of rotatable bonds is 8. The summed E-state index contributed by atoms with van der Waals surface area (Å²) in [4.78, 5) is 26.7. The Bertz CT molecular complexity index is 421. The van der Waals surface area contributed by atoms with Gasteiger partial charge < -0.3 is 15.7 Å². The van der Waals surface area contributed by atoms with Gasteiger partial charge in [0.2, 0.25) is 0 Å². The van der Waals surface area contributed by atoms with E-state index in [1.807, 2.05) is 19.2 Å². The first-order valence-corrected chi connectivity index (χ1v) is 7.50. The zero-order valence-electron chi connectivity index (χ0n) is 11.8. The molecule has 0 saturated carbocycles. The van der Waals surface area contributed by atoms with Crippen molar-refractivity contribution < 1.29 is 14.7 Å². The van der Waals surface area contributed by atoms with Crippen molar-refractivity contribution in [3.63, 3.8) is 0 Å². The van der Waals surface area contributed by atoms with Gasteiger partial charge >= 0.3 is 12.0 Å². The van der Waals surface area contributed by atoms with E-state index in [1.54, 1.807) is 17.5 Å². The number of carbonyl (C=O) groups excluding carboxylic acids is 1. The maximum absolute atomic E-state index is 11.6. The maximum Gasteiger partial charge on any atom is 0.314 e. The number of urea groups is 1. The van der Waals surface area contributed by atoms with Crippen molar-refractivity contribution >= 4 is 23.3 Å². The molecule has 0 radical (unpaired) electrons. The van der Waals surface area contributed by atoms with Crippen LogP contribution >= 0.6 is 11.3 Å². The summed E-state index contributed by atoms with van der Waals surface area (Å²) in [5, 5.41) is 17.2. The van der Waals surface area contributed by atoms with Gasteiger partial charge in [-0.05, 0) is 12.3 Å². The fourth-order valence-electron chi connectivity index (χ4n) is 1.78. The molecular weight excluding hydrogens is 278 g/mol. The highest BCUT2D eigenvalue weighted by atomic mass is 32.1. The van der Waals surface area contributed by atoms with Gasteiger partial charge in [-0.15, -0.1) is 11.3 Å². The number of carbonyl (C=O) groups is 2. The number of aliphatic carboxylic acids is 1. The highest BCUT2D eigenvalue weighted by Crippen LogP contribution is 2.11. The SMILES string of the molecule is CC(C)CC(CNC(=O)NCCc1nccs1)C(=O)O. The van der Waals surface area contributed by atoms with Crippen molar-refractivity contribution in [2.45, 2.75) is 26.7 Å². The first-order chi connectivity index (χ1) is 9.49. The van der Waals surface area contributed by atoms with Crippen molar-refractivity contribution in [1.29, 1.82) is 0 Å². The molecule has 7 heteroatoms. The number of amides is 2. The van der Waals surface area contributed by atoms with E-state index in [0.29, 0.717) is 19.4 Å². The Morgan fingerprint density at radius 3 is 2.70 bits per heavy atom. The van der Waals surface area contributed by atoms with Gasteiger partial charge in [-0.1, -0.05) is 13.8 Å². The average molecular weight is 299 g/mol. The quantitative estimate of drug-likeness (QED) is 0.682. The number of carboxylic acids is 1. The topological polar surface area (TPSA) is 91.3 Å². The Hall–Kier alpha value is -1.63. The fourth-order valence-corrected chi connectivity index (χ4v) is 2.40. The molecule has 1 aromatic heterocycles. The normalized spacial score (nSPS) is 12.2. The van der Waals surface area contributed by atoms with Crippen LogP contribution in [0.1, 0.15) is 25.3 Å². The lowest BCUT2D eigenvalue weighted by Crippen LogP contribution is -2.40. The molecule has 0 spiro atoms. The molecule has 1 atom stereocenters. The summed E-state index contributed by atoms with van der Waals surface area (Å²) in [5.74, 6) is -1.13. The van der Waals surface area contributed by atoms with Crippen molar-refractivity contribution in [3.8, 4) is 0 Å². The van der Waals surface area contributed by atoms with E-state index in [2.05, 4.69) is 15.6 Å². The van der Waals surface area contributed by atoms with Crippen molar-refractivity contribution in [3.05, 3.63) is 16.6 Å². The number of hydrogen-bond acceptors (Lipinski definition) is 4. The molecule has 0 aliphatic heterocycles. The molecule has 0 fully saturated rings. The highest BCUT2D eigenvalue weighted by molar-refractivity contribution is 7.09. The van der Waals surface area contributed by atoms with E-state index in [4.69, 9.17) is 5.11 Å². The van der Waals surface area contributed by atoms with Crippen LogP contribution in [-0.4, -0.2) is 35.2 Å². The Balaban J connectivity index is 2.22. The smallest absolute Gasteiger partial charge is 0.314 e. The molecule has 1 rings (SSSR count). The molecule has 0 aromatic carbocycles. The van der Waals surface area contributed by atoms with Crippen LogP contribution in [-0.2, 0) is 11.2 Å². The monoisotopic (exact) mass is 299 g/mol. The van der Waals surface area contributed by atoms with Gasteiger partial charge in [-0.25, -0.2) is 9.78 Å². The van der Waals surface area contributed by atoms with Crippen LogP contribution in [0.25, 0.3) is 0 Å². The minimum absolute atomic E-state index is 0.149. The fraction of sp³-hybridized carbons (Fsp3) is 0.615. The minimum Gasteiger partial charge on any atom is -0.481 e. The number of nitrogens with zero attached hydrogens (tertiary/aromatic N) is 1. The molecule has 0 aliphatic carbocycles. The van der Waals surface area contributed by atoms with Crippen LogP contribution in [0, 0.1) is 11.8 Å². The van der Waals surface area contributed by atoms with E-state index in [1.165, 1.54) is 0 Å². The van der Waals surface area contributed by atoms with Crippen LogP contribution in [0.4, 0.5) is 4.79 Å². The third kappa shape index (κ3) is 6.51. The van der Waals surface area contributed by atoms with Crippen LogP contribution in [0.3, 0.4) is 0 Å². The Morgan fingerprint density at radius 1 is 1.40 bits per heavy atom. The van der Waals surface area contributed by atoms with Crippen LogP contribution in [0.15, 0.2) is 11.6 Å². The number of aromatic nitrogens is 1. The van der Waals surface area contributed by atoms with Crippen molar-refractivity contribution in [2.75, 3.05) is 13.1 Å². The third-order valence-electron chi connectivity index (χ3n) is 2.72. The van der Waals surface area contributed by atoms with Crippen LogP contribution < -0.4 is 10.6 Å². The molecule has 112 valence electrons. The van der Waals surface area contributed by atoms with Gasteiger partial charge in [0.1, 0.15) is 0 Å². The number of thiazole rings is 1.